The highest BCUT2D eigenvalue weighted by atomic mass is 19.1. The van der Waals surface area contributed by atoms with Crippen molar-refractivity contribution < 1.29 is 9.50 Å². The van der Waals surface area contributed by atoms with E-state index < -0.39 is 6.23 Å². The lowest BCUT2D eigenvalue weighted by Crippen LogP contribution is -2.33. The maximum atomic E-state index is 13.1. The Morgan fingerprint density at radius 3 is 2.26 bits per heavy atom. The van der Waals surface area contributed by atoms with Gasteiger partial charge in [-0.3, -0.25) is 4.90 Å². The molecule has 0 radical (unpaired) electrons. The molecule has 31 heavy (non-hydrogen) atoms. The van der Waals surface area contributed by atoms with Gasteiger partial charge in [0.15, 0.2) is 0 Å². The molecule has 2 aliphatic heterocycles. The second-order valence-corrected chi connectivity index (χ2v) is 8.83. The van der Waals surface area contributed by atoms with Gasteiger partial charge in [0.1, 0.15) is 12.0 Å². The number of rotatable bonds is 4. The summed E-state index contributed by atoms with van der Waals surface area (Å²) in [5.74, 6) is 0.344. The number of aliphatic hydroxyl groups excluding tert-OH is 1. The standard InChI is InChI=1S/C27H29FN2O/c28-24-11-8-21(9-12-24)20-6-4-19(5-7-20)18-30-16-14-22(15-17-30)25-3-1-2-23-10-13-26(31)29-27(23)25/h1-9,11-12,22,26,29,31H,10,13-18H2. The van der Waals surface area contributed by atoms with Crippen molar-refractivity contribution in [3.63, 3.8) is 0 Å². The van der Waals surface area contributed by atoms with Crippen molar-refractivity contribution in [3.05, 3.63) is 89.2 Å². The van der Waals surface area contributed by atoms with Crippen LogP contribution in [-0.2, 0) is 13.0 Å². The summed E-state index contributed by atoms with van der Waals surface area (Å²) in [4.78, 5) is 2.53. The van der Waals surface area contributed by atoms with Crippen LogP contribution >= 0.6 is 0 Å². The lowest BCUT2D eigenvalue weighted by Gasteiger charge is -2.35. The number of aryl methyl sites for hydroxylation is 1. The van der Waals surface area contributed by atoms with Gasteiger partial charge in [0.2, 0.25) is 0 Å². The first-order valence-corrected chi connectivity index (χ1v) is 11.3. The molecular weight excluding hydrogens is 387 g/mol. The smallest absolute Gasteiger partial charge is 0.124 e. The predicted molar refractivity (Wildman–Crippen MR) is 123 cm³/mol. The fourth-order valence-corrected chi connectivity index (χ4v) is 4.98. The molecule has 160 valence electrons. The first-order chi connectivity index (χ1) is 15.2. The van der Waals surface area contributed by atoms with Crippen LogP contribution in [0.5, 0.6) is 0 Å². The van der Waals surface area contributed by atoms with Crippen molar-refractivity contribution >= 4 is 5.69 Å². The summed E-state index contributed by atoms with van der Waals surface area (Å²) in [5.41, 5.74) is 7.36. The third kappa shape index (κ3) is 4.51. The van der Waals surface area contributed by atoms with Crippen LogP contribution in [0, 0.1) is 5.82 Å². The van der Waals surface area contributed by atoms with E-state index in [0.29, 0.717) is 5.92 Å². The van der Waals surface area contributed by atoms with Crippen LogP contribution in [0.3, 0.4) is 0 Å². The van der Waals surface area contributed by atoms with Gasteiger partial charge in [-0.05, 0) is 84.6 Å². The first-order valence-electron chi connectivity index (χ1n) is 11.3. The van der Waals surface area contributed by atoms with E-state index in [2.05, 4.69) is 52.7 Å². The minimum Gasteiger partial charge on any atom is -0.374 e. The van der Waals surface area contributed by atoms with E-state index in [9.17, 15) is 9.50 Å². The second-order valence-electron chi connectivity index (χ2n) is 8.83. The number of para-hydroxylation sites is 1. The van der Waals surface area contributed by atoms with Gasteiger partial charge in [-0.25, -0.2) is 4.39 Å². The molecule has 0 aliphatic carbocycles. The number of aliphatic hydroxyl groups is 1. The normalized spacial score (nSPS) is 19.6. The summed E-state index contributed by atoms with van der Waals surface area (Å²) < 4.78 is 13.1. The van der Waals surface area contributed by atoms with Crippen molar-refractivity contribution in [1.82, 2.24) is 4.90 Å². The number of benzene rings is 3. The molecule has 3 nitrogen and oxygen atoms in total. The second kappa shape index (κ2) is 8.81. The van der Waals surface area contributed by atoms with E-state index in [1.54, 1.807) is 0 Å². The zero-order valence-corrected chi connectivity index (χ0v) is 17.7. The van der Waals surface area contributed by atoms with E-state index in [1.165, 1.54) is 34.5 Å². The monoisotopic (exact) mass is 416 g/mol. The molecule has 2 heterocycles. The van der Waals surface area contributed by atoms with Crippen molar-refractivity contribution in [3.8, 4) is 11.1 Å². The molecule has 1 atom stereocenters. The Labute approximate surface area is 183 Å². The molecule has 1 fully saturated rings. The van der Waals surface area contributed by atoms with Gasteiger partial charge < -0.3 is 10.4 Å². The van der Waals surface area contributed by atoms with Crippen molar-refractivity contribution in [2.75, 3.05) is 18.4 Å². The minimum atomic E-state index is -0.424. The average Bonchev–Trinajstić information content (AvgIpc) is 2.80. The summed E-state index contributed by atoms with van der Waals surface area (Å²) in [6.45, 7) is 3.12. The maximum absolute atomic E-state index is 13.1. The van der Waals surface area contributed by atoms with Gasteiger partial charge >= 0.3 is 0 Å². The summed E-state index contributed by atoms with van der Waals surface area (Å²) in [7, 11) is 0. The first kappa shape index (κ1) is 20.2. The fourth-order valence-electron chi connectivity index (χ4n) is 4.98. The molecule has 3 aromatic carbocycles. The number of hydrogen-bond acceptors (Lipinski definition) is 3. The van der Waals surface area contributed by atoms with Gasteiger partial charge in [0.05, 0.1) is 0 Å². The van der Waals surface area contributed by atoms with Crippen molar-refractivity contribution in [1.29, 1.82) is 0 Å². The van der Waals surface area contributed by atoms with E-state index in [-0.39, 0.29) is 5.82 Å². The van der Waals surface area contributed by atoms with Gasteiger partial charge in [0, 0.05) is 12.2 Å². The topological polar surface area (TPSA) is 35.5 Å². The number of hydrogen-bond donors (Lipinski definition) is 2. The number of likely N-dealkylation sites (tertiary alicyclic amines) is 1. The molecule has 1 saturated heterocycles. The molecule has 0 spiro atoms. The Balaban J connectivity index is 1.20. The Morgan fingerprint density at radius 1 is 0.871 bits per heavy atom. The highest BCUT2D eigenvalue weighted by Crippen LogP contribution is 2.37. The van der Waals surface area contributed by atoms with Crippen LogP contribution in [0.4, 0.5) is 10.1 Å². The highest BCUT2D eigenvalue weighted by Gasteiger charge is 2.26. The molecule has 4 heteroatoms. The number of piperidine rings is 1. The number of halogens is 1. The van der Waals surface area contributed by atoms with Crippen LogP contribution < -0.4 is 5.32 Å². The Kier molecular flexibility index (Phi) is 5.75. The Hall–Kier alpha value is -2.69. The van der Waals surface area contributed by atoms with Gasteiger partial charge in [-0.15, -0.1) is 0 Å². The predicted octanol–water partition coefficient (Wildman–Crippen LogP) is 5.55. The maximum Gasteiger partial charge on any atom is 0.124 e. The van der Waals surface area contributed by atoms with Crippen molar-refractivity contribution in [2.45, 2.75) is 44.4 Å². The van der Waals surface area contributed by atoms with Crippen LogP contribution in [0.2, 0.25) is 0 Å². The number of nitrogens with one attached hydrogen (secondary N) is 1. The van der Waals surface area contributed by atoms with Crippen LogP contribution in [0.15, 0.2) is 66.7 Å². The summed E-state index contributed by atoms with van der Waals surface area (Å²) in [6.07, 6.45) is 3.59. The van der Waals surface area contributed by atoms with E-state index in [0.717, 1.165) is 56.4 Å². The summed E-state index contributed by atoms with van der Waals surface area (Å²) in [5, 5.41) is 13.4. The van der Waals surface area contributed by atoms with Gasteiger partial charge in [0.25, 0.3) is 0 Å². The third-order valence-corrected chi connectivity index (χ3v) is 6.75. The Bertz CT molecular complexity index is 1020. The zero-order chi connectivity index (χ0) is 21.2. The van der Waals surface area contributed by atoms with Crippen LogP contribution in [0.1, 0.15) is 41.9 Å². The minimum absolute atomic E-state index is 0.202. The SMILES string of the molecule is OC1CCc2cccc(C3CCN(Cc4ccc(-c5ccc(F)cc5)cc4)CC3)c2N1. The fraction of sp³-hybridized carbons (Fsp3) is 0.333. The average molecular weight is 417 g/mol. The molecule has 5 rings (SSSR count). The summed E-state index contributed by atoms with van der Waals surface area (Å²) in [6, 6.07) is 21.9. The summed E-state index contributed by atoms with van der Waals surface area (Å²) >= 11 is 0. The van der Waals surface area contributed by atoms with E-state index in [1.807, 2.05) is 12.1 Å². The molecule has 0 amide bonds. The molecule has 0 saturated carbocycles. The molecule has 0 bridgehead atoms. The lowest BCUT2D eigenvalue weighted by molar-refractivity contribution is 0.187. The highest BCUT2D eigenvalue weighted by molar-refractivity contribution is 5.63. The molecule has 2 N–H and O–H groups in total. The zero-order valence-electron chi connectivity index (χ0n) is 17.7. The quantitative estimate of drug-likeness (QED) is 0.585. The van der Waals surface area contributed by atoms with Crippen LogP contribution in [0.25, 0.3) is 11.1 Å². The van der Waals surface area contributed by atoms with E-state index >= 15 is 0 Å². The van der Waals surface area contributed by atoms with Gasteiger partial charge in [-0.2, -0.15) is 0 Å². The molecule has 3 aromatic rings. The molecule has 1 unspecified atom stereocenters. The van der Waals surface area contributed by atoms with Gasteiger partial charge in [-0.1, -0.05) is 54.6 Å². The van der Waals surface area contributed by atoms with Crippen LogP contribution in [-0.4, -0.2) is 29.3 Å². The van der Waals surface area contributed by atoms with Crippen molar-refractivity contribution in [2.24, 2.45) is 0 Å². The third-order valence-electron chi connectivity index (χ3n) is 6.75. The number of nitrogens with zero attached hydrogens (tertiary/aromatic N) is 1. The number of fused-ring (bicyclic) bond motifs is 1. The molecule has 0 aromatic heterocycles. The molecular formula is C27H29FN2O. The largest absolute Gasteiger partial charge is 0.374 e. The van der Waals surface area contributed by atoms with E-state index in [4.69, 9.17) is 0 Å². The lowest BCUT2D eigenvalue weighted by atomic mass is 9.85. The number of anilines is 1. The molecule has 2 aliphatic rings. The Morgan fingerprint density at radius 2 is 1.55 bits per heavy atom.